The standard InChI is InChI=1S/C9H17NO2/c1-5(2)8(11)7-6(3)10(4)9(7)12/h5-8,11H,1-4H3/t6-,7-,8-/m1/s1. The lowest BCUT2D eigenvalue weighted by Gasteiger charge is -2.46. The summed E-state index contributed by atoms with van der Waals surface area (Å²) in [6, 6.07) is 0.190. The van der Waals surface area contributed by atoms with Crippen molar-refractivity contribution in [3.63, 3.8) is 0 Å². The van der Waals surface area contributed by atoms with E-state index in [-0.39, 0.29) is 23.8 Å². The van der Waals surface area contributed by atoms with Gasteiger partial charge in [0.15, 0.2) is 0 Å². The second-order valence-corrected chi connectivity index (χ2v) is 3.95. The van der Waals surface area contributed by atoms with Crippen molar-refractivity contribution in [3.8, 4) is 0 Å². The van der Waals surface area contributed by atoms with Crippen LogP contribution in [0.5, 0.6) is 0 Å². The van der Waals surface area contributed by atoms with E-state index in [0.29, 0.717) is 0 Å². The van der Waals surface area contributed by atoms with Crippen molar-refractivity contribution in [1.29, 1.82) is 0 Å². The molecule has 1 saturated heterocycles. The largest absolute Gasteiger partial charge is 0.392 e. The maximum absolute atomic E-state index is 11.3. The van der Waals surface area contributed by atoms with Crippen molar-refractivity contribution in [3.05, 3.63) is 0 Å². The molecule has 0 aliphatic carbocycles. The zero-order chi connectivity index (χ0) is 9.46. The molecule has 0 aromatic rings. The van der Waals surface area contributed by atoms with E-state index in [1.165, 1.54) is 0 Å². The minimum Gasteiger partial charge on any atom is -0.392 e. The van der Waals surface area contributed by atoms with Crippen molar-refractivity contribution in [2.24, 2.45) is 11.8 Å². The molecule has 1 aliphatic rings. The molecule has 1 aliphatic heterocycles. The molecule has 0 aromatic carbocycles. The highest BCUT2D eigenvalue weighted by molar-refractivity contribution is 5.86. The number of carbonyl (C=O) groups excluding carboxylic acids is 1. The van der Waals surface area contributed by atoms with Gasteiger partial charge in [0.2, 0.25) is 5.91 Å². The van der Waals surface area contributed by atoms with Crippen LogP contribution >= 0.6 is 0 Å². The van der Waals surface area contributed by atoms with Crippen LogP contribution in [-0.4, -0.2) is 35.1 Å². The lowest BCUT2D eigenvalue weighted by molar-refractivity contribution is -0.162. The summed E-state index contributed by atoms with van der Waals surface area (Å²) in [5, 5.41) is 9.66. The number of rotatable bonds is 2. The Morgan fingerprint density at radius 2 is 2.00 bits per heavy atom. The molecule has 12 heavy (non-hydrogen) atoms. The Morgan fingerprint density at radius 3 is 2.33 bits per heavy atom. The summed E-state index contributed by atoms with van der Waals surface area (Å²) in [6.45, 7) is 5.84. The van der Waals surface area contributed by atoms with Crippen LogP contribution in [0.25, 0.3) is 0 Å². The van der Waals surface area contributed by atoms with Crippen LogP contribution in [0.15, 0.2) is 0 Å². The Hall–Kier alpha value is -0.570. The molecule has 70 valence electrons. The summed E-state index contributed by atoms with van der Waals surface area (Å²) in [6.07, 6.45) is -0.483. The third kappa shape index (κ3) is 1.22. The van der Waals surface area contributed by atoms with Crippen molar-refractivity contribution in [2.45, 2.75) is 32.9 Å². The number of likely N-dealkylation sites (tertiary alicyclic amines) is 1. The van der Waals surface area contributed by atoms with E-state index in [0.717, 1.165) is 0 Å². The van der Waals surface area contributed by atoms with Gasteiger partial charge in [-0.15, -0.1) is 0 Å². The van der Waals surface area contributed by atoms with Crippen molar-refractivity contribution >= 4 is 5.91 Å². The van der Waals surface area contributed by atoms with Gasteiger partial charge in [-0.25, -0.2) is 0 Å². The maximum atomic E-state index is 11.3. The smallest absolute Gasteiger partial charge is 0.230 e. The molecule has 3 atom stereocenters. The predicted octanol–water partition coefficient (Wildman–Crippen LogP) is 0.480. The van der Waals surface area contributed by atoms with Gasteiger partial charge in [-0.1, -0.05) is 13.8 Å². The highest BCUT2D eigenvalue weighted by Crippen LogP contribution is 2.30. The molecule has 3 nitrogen and oxygen atoms in total. The molecule has 1 rings (SSSR count). The van der Waals surface area contributed by atoms with Gasteiger partial charge >= 0.3 is 0 Å². The Labute approximate surface area is 73.4 Å². The Kier molecular flexibility index (Phi) is 2.42. The lowest BCUT2D eigenvalue weighted by atomic mass is 9.80. The topological polar surface area (TPSA) is 40.5 Å². The monoisotopic (exact) mass is 171 g/mol. The molecule has 0 radical (unpaired) electrons. The number of aliphatic hydroxyl groups excluding tert-OH is 1. The van der Waals surface area contributed by atoms with Crippen molar-refractivity contribution in [1.82, 2.24) is 4.90 Å². The summed E-state index contributed by atoms with van der Waals surface area (Å²) in [7, 11) is 1.77. The molecule has 3 heteroatoms. The SMILES string of the molecule is CC(C)[C@@H](O)[C@@H]1C(=O)N(C)[C@@H]1C. The zero-order valence-corrected chi connectivity index (χ0v) is 8.11. The molecule has 1 amide bonds. The second-order valence-electron chi connectivity index (χ2n) is 3.95. The van der Waals surface area contributed by atoms with Crippen molar-refractivity contribution < 1.29 is 9.90 Å². The van der Waals surface area contributed by atoms with Crippen LogP contribution in [0.4, 0.5) is 0 Å². The van der Waals surface area contributed by atoms with Gasteiger partial charge < -0.3 is 10.0 Å². The van der Waals surface area contributed by atoms with E-state index in [2.05, 4.69) is 0 Å². The van der Waals surface area contributed by atoms with E-state index < -0.39 is 6.10 Å². The van der Waals surface area contributed by atoms with Gasteiger partial charge in [-0.2, -0.15) is 0 Å². The fraction of sp³-hybridized carbons (Fsp3) is 0.889. The first-order chi connectivity index (χ1) is 5.46. The number of hydrogen-bond donors (Lipinski definition) is 1. The third-order valence-electron chi connectivity index (χ3n) is 2.81. The summed E-state index contributed by atoms with van der Waals surface area (Å²) in [5.41, 5.74) is 0. The van der Waals surface area contributed by atoms with E-state index >= 15 is 0 Å². The maximum Gasteiger partial charge on any atom is 0.230 e. The fourth-order valence-electron chi connectivity index (χ4n) is 1.65. The molecule has 0 aromatic heterocycles. The Balaban J connectivity index is 2.60. The van der Waals surface area contributed by atoms with Crippen LogP contribution in [-0.2, 0) is 4.79 Å². The zero-order valence-electron chi connectivity index (χ0n) is 8.11. The lowest BCUT2D eigenvalue weighted by Crippen LogP contribution is -2.62. The summed E-state index contributed by atoms with van der Waals surface area (Å²) in [5.74, 6) is 0.0637. The first-order valence-electron chi connectivity index (χ1n) is 4.41. The predicted molar refractivity (Wildman–Crippen MR) is 46.6 cm³/mol. The first-order valence-corrected chi connectivity index (χ1v) is 4.41. The second kappa shape index (κ2) is 3.05. The van der Waals surface area contributed by atoms with Crippen LogP contribution in [0.3, 0.4) is 0 Å². The minimum absolute atomic E-state index is 0.0729. The van der Waals surface area contributed by atoms with E-state index in [1.807, 2.05) is 20.8 Å². The summed E-state index contributed by atoms with van der Waals surface area (Å²) < 4.78 is 0. The van der Waals surface area contributed by atoms with Gasteiger partial charge in [0.1, 0.15) is 0 Å². The molecular formula is C9H17NO2. The van der Waals surface area contributed by atoms with Gasteiger partial charge in [0.25, 0.3) is 0 Å². The van der Waals surface area contributed by atoms with Crippen LogP contribution in [0.2, 0.25) is 0 Å². The summed E-state index contributed by atoms with van der Waals surface area (Å²) >= 11 is 0. The van der Waals surface area contributed by atoms with Gasteiger partial charge in [0.05, 0.1) is 12.0 Å². The Morgan fingerprint density at radius 1 is 1.50 bits per heavy atom. The van der Waals surface area contributed by atoms with Crippen LogP contribution < -0.4 is 0 Å². The van der Waals surface area contributed by atoms with Gasteiger partial charge in [-0.3, -0.25) is 4.79 Å². The number of aliphatic hydroxyl groups is 1. The van der Waals surface area contributed by atoms with E-state index in [1.54, 1.807) is 11.9 Å². The normalized spacial score (nSPS) is 32.2. The van der Waals surface area contributed by atoms with E-state index in [9.17, 15) is 9.90 Å². The fourth-order valence-corrected chi connectivity index (χ4v) is 1.65. The molecule has 1 N–H and O–H groups in total. The molecular weight excluding hydrogens is 154 g/mol. The van der Waals surface area contributed by atoms with Crippen molar-refractivity contribution in [2.75, 3.05) is 7.05 Å². The molecule has 0 saturated carbocycles. The molecule has 1 fully saturated rings. The van der Waals surface area contributed by atoms with E-state index in [4.69, 9.17) is 0 Å². The number of amides is 1. The third-order valence-corrected chi connectivity index (χ3v) is 2.81. The average molecular weight is 171 g/mol. The van der Waals surface area contributed by atoms with Gasteiger partial charge in [0, 0.05) is 13.1 Å². The van der Waals surface area contributed by atoms with Crippen LogP contribution in [0.1, 0.15) is 20.8 Å². The molecule has 1 heterocycles. The van der Waals surface area contributed by atoms with Gasteiger partial charge in [-0.05, 0) is 12.8 Å². The molecule has 0 bridgehead atoms. The molecule has 0 spiro atoms. The minimum atomic E-state index is -0.483. The number of β-lactam (4-membered cyclic amide) rings is 1. The summed E-state index contributed by atoms with van der Waals surface area (Å²) in [4.78, 5) is 13.0. The quantitative estimate of drug-likeness (QED) is 0.614. The Bertz CT molecular complexity index is 191. The number of carbonyl (C=O) groups is 1. The molecule has 0 unspecified atom stereocenters. The highest BCUT2D eigenvalue weighted by atomic mass is 16.3. The highest BCUT2D eigenvalue weighted by Gasteiger charge is 2.46. The number of nitrogens with zero attached hydrogens (tertiary/aromatic N) is 1. The average Bonchev–Trinajstić information content (AvgIpc) is 2.03. The number of hydrogen-bond acceptors (Lipinski definition) is 2. The van der Waals surface area contributed by atoms with Crippen LogP contribution in [0, 0.1) is 11.8 Å². The first kappa shape index (κ1) is 9.52.